The predicted octanol–water partition coefficient (Wildman–Crippen LogP) is 2.06. The summed E-state index contributed by atoms with van der Waals surface area (Å²) in [6.07, 6.45) is 5.58. The predicted molar refractivity (Wildman–Crippen MR) is 65.4 cm³/mol. The van der Waals surface area contributed by atoms with Crippen molar-refractivity contribution in [1.29, 1.82) is 0 Å². The van der Waals surface area contributed by atoms with Crippen molar-refractivity contribution in [3.63, 3.8) is 0 Å². The number of imidazole rings is 1. The van der Waals surface area contributed by atoms with E-state index in [0.29, 0.717) is 11.6 Å². The number of H-pyrrole nitrogens is 2. The molecule has 5 heteroatoms. The molecule has 0 spiro atoms. The lowest BCUT2D eigenvalue weighted by Gasteiger charge is -1.87. The molecule has 0 aliphatic carbocycles. The van der Waals surface area contributed by atoms with Crippen molar-refractivity contribution in [2.45, 2.75) is 6.92 Å². The van der Waals surface area contributed by atoms with Crippen molar-refractivity contribution in [2.24, 2.45) is 0 Å². The number of rotatable bonds is 3. The van der Waals surface area contributed by atoms with Gasteiger partial charge in [-0.1, -0.05) is 12.7 Å². The summed E-state index contributed by atoms with van der Waals surface area (Å²) in [5.74, 6) is 1.14. The highest BCUT2D eigenvalue weighted by Gasteiger charge is 2.09. The largest absolute Gasteiger partial charge is 0.382 e. The molecular weight excluding hydrogens is 202 g/mol. The van der Waals surface area contributed by atoms with Crippen LogP contribution in [0.4, 0.5) is 5.82 Å². The van der Waals surface area contributed by atoms with Crippen LogP contribution in [0, 0.1) is 0 Å². The summed E-state index contributed by atoms with van der Waals surface area (Å²) in [6, 6.07) is 1.73. The molecule has 0 saturated heterocycles. The van der Waals surface area contributed by atoms with Crippen molar-refractivity contribution in [3.8, 4) is 11.5 Å². The average molecular weight is 215 g/mol. The minimum atomic E-state index is 0.444. The number of nitrogens with one attached hydrogen (secondary N) is 2. The standard InChI is InChI=1S/C11H13N5/c1-3-5-8-7(4-2)13-11(14-8)9-6-10(12)16-15-9/h3-6H,2H2,1H3,(H,13,14)(H3,12,15,16)/b5-3-. The van der Waals surface area contributed by atoms with Gasteiger partial charge in [-0.15, -0.1) is 0 Å². The Morgan fingerprint density at radius 2 is 2.31 bits per heavy atom. The fourth-order valence-corrected chi connectivity index (χ4v) is 1.44. The van der Waals surface area contributed by atoms with Crippen LogP contribution < -0.4 is 5.73 Å². The van der Waals surface area contributed by atoms with Gasteiger partial charge in [0.1, 0.15) is 11.5 Å². The zero-order valence-corrected chi connectivity index (χ0v) is 8.99. The van der Waals surface area contributed by atoms with Gasteiger partial charge in [0.05, 0.1) is 11.4 Å². The summed E-state index contributed by atoms with van der Waals surface area (Å²) < 4.78 is 0. The van der Waals surface area contributed by atoms with Crippen LogP contribution in [0.3, 0.4) is 0 Å². The van der Waals surface area contributed by atoms with Crippen molar-refractivity contribution < 1.29 is 0 Å². The maximum Gasteiger partial charge on any atom is 0.156 e. The van der Waals surface area contributed by atoms with Crippen LogP contribution in [0.1, 0.15) is 18.3 Å². The first-order valence-corrected chi connectivity index (χ1v) is 4.91. The lowest BCUT2D eigenvalue weighted by atomic mass is 10.3. The van der Waals surface area contributed by atoms with E-state index in [9.17, 15) is 0 Å². The molecule has 4 N–H and O–H groups in total. The Bertz CT molecular complexity index is 532. The van der Waals surface area contributed by atoms with Gasteiger partial charge in [-0.3, -0.25) is 5.10 Å². The summed E-state index contributed by atoms with van der Waals surface area (Å²) in [4.78, 5) is 7.55. The third-order valence-electron chi connectivity index (χ3n) is 2.14. The van der Waals surface area contributed by atoms with Gasteiger partial charge in [0.15, 0.2) is 5.82 Å². The van der Waals surface area contributed by atoms with Crippen LogP contribution in [0.5, 0.6) is 0 Å². The van der Waals surface area contributed by atoms with E-state index in [2.05, 4.69) is 26.7 Å². The minimum Gasteiger partial charge on any atom is -0.382 e. The molecule has 2 rings (SSSR count). The van der Waals surface area contributed by atoms with Crippen LogP contribution in [0.2, 0.25) is 0 Å². The highest BCUT2D eigenvalue weighted by molar-refractivity contribution is 5.64. The molecule has 0 bridgehead atoms. The first-order valence-electron chi connectivity index (χ1n) is 4.91. The molecule has 82 valence electrons. The monoisotopic (exact) mass is 215 g/mol. The number of nitrogens with two attached hydrogens (primary N) is 1. The molecule has 0 unspecified atom stereocenters. The molecule has 0 aliphatic heterocycles. The van der Waals surface area contributed by atoms with Crippen LogP contribution in [-0.2, 0) is 0 Å². The highest BCUT2D eigenvalue weighted by Crippen LogP contribution is 2.19. The van der Waals surface area contributed by atoms with Crippen LogP contribution in [-0.4, -0.2) is 20.2 Å². The lowest BCUT2D eigenvalue weighted by Crippen LogP contribution is -1.81. The fraction of sp³-hybridized carbons (Fsp3) is 0.0909. The van der Waals surface area contributed by atoms with Crippen molar-refractivity contribution in [3.05, 3.63) is 30.1 Å². The maximum atomic E-state index is 5.53. The summed E-state index contributed by atoms with van der Waals surface area (Å²) in [6.45, 7) is 5.67. The van der Waals surface area contributed by atoms with E-state index in [1.54, 1.807) is 12.1 Å². The first kappa shape index (κ1) is 10.2. The Hall–Kier alpha value is -2.30. The van der Waals surface area contributed by atoms with Gasteiger partial charge in [0.2, 0.25) is 0 Å². The van der Waals surface area contributed by atoms with E-state index >= 15 is 0 Å². The van der Waals surface area contributed by atoms with Crippen molar-refractivity contribution >= 4 is 18.0 Å². The lowest BCUT2D eigenvalue weighted by molar-refractivity contribution is 1.08. The van der Waals surface area contributed by atoms with Crippen LogP contribution in [0.25, 0.3) is 23.7 Å². The number of nitrogens with zero attached hydrogens (tertiary/aromatic N) is 2. The molecule has 0 aliphatic rings. The molecule has 2 aromatic heterocycles. The molecule has 0 aromatic carbocycles. The van der Waals surface area contributed by atoms with Gasteiger partial charge >= 0.3 is 0 Å². The minimum absolute atomic E-state index is 0.444. The zero-order valence-electron chi connectivity index (χ0n) is 8.99. The van der Waals surface area contributed by atoms with Gasteiger partial charge in [0.25, 0.3) is 0 Å². The Labute approximate surface area is 93.1 Å². The van der Waals surface area contributed by atoms with E-state index < -0.39 is 0 Å². The SMILES string of the molecule is C=Cc1nc(-c2cc(N)n[nH]2)[nH]c1/C=C\C. The molecule has 0 amide bonds. The van der Waals surface area contributed by atoms with E-state index in [0.717, 1.165) is 17.1 Å². The normalized spacial score (nSPS) is 11.1. The molecule has 0 atom stereocenters. The average Bonchev–Trinajstić information content (AvgIpc) is 2.85. The Kier molecular flexibility index (Phi) is 2.59. The molecule has 0 fully saturated rings. The molecule has 0 radical (unpaired) electrons. The topological polar surface area (TPSA) is 83.4 Å². The zero-order chi connectivity index (χ0) is 11.5. The van der Waals surface area contributed by atoms with Gasteiger partial charge in [-0.05, 0) is 19.1 Å². The van der Waals surface area contributed by atoms with Gasteiger partial charge in [0, 0.05) is 6.07 Å². The molecule has 16 heavy (non-hydrogen) atoms. The summed E-state index contributed by atoms with van der Waals surface area (Å²) in [7, 11) is 0. The molecular formula is C11H13N5. The summed E-state index contributed by atoms with van der Waals surface area (Å²) in [5, 5.41) is 6.65. The second kappa shape index (κ2) is 4.06. The molecule has 2 heterocycles. The van der Waals surface area contributed by atoms with E-state index in [-0.39, 0.29) is 0 Å². The highest BCUT2D eigenvalue weighted by atomic mass is 15.2. The first-order chi connectivity index (χ1) is 7.74. The van der Waals surface area contributed by atoms with E-state index in [1.165, 1.54) is 0 Å². The van der Waals surface area contributed by atoms with Crippen LogP contribution in [0.15, 0.2) is 18.7 Å². The second-order valence-electron chi connectivity index (χ2n) is 3.29. The Balaban J connectivity index is 2.47. The molecule has 2 aromatic rings. The Morgan fingerprint density at radius 1 is 1.50 bits per heavy atom. The van der Waals surface area contributed by atoms with Crippen LogP contribution >= 0.6 is 0 Å². The number of hydrogen-bond donors (Lipinski definition) is 3. The molecule has 5 nitrogen and oxygen atoms in total. The van der Waals surface area contributed by atoms with Crippen molar-refractivity contribution in [2.75, 3.05) is 5.73 Å². The van der Waals surface area contributed by atoms with Gasteiger partial charge in [-0.25, -0.2) is 4.98 Å². The van der Waals surface area contributed by atoms with Gasteiger partial charge in [-0.2, -0.15) is 5.10 Å². The summed E-state index contributed by atoms with van der Waals surface area (Å²) >= 11 is 0. The Morgan fingerprint density at radius 3 is 2.88 bits per heavy atom. The van der Waals surface area contributed by atoms with E-state index in [1.807, 2.05) is 19.1 Å². The number of aromatic amines is 2. The third-order valence-corrected chi connectivity index (χ3v) is 2.14. The summed E-state index contributed by atoms with van der Waals surface area (Å²) in [5.41, 5.74) is 8.02. The number of hydrogen-bond acceptors (Lipinski definition) is 3. The molecule has 0 saturated carbocycles. The second-order valence-corrected chi connectivity index (χ2v) is 3.29. The smallest absolute Gasteiger partial charge is 0.156 e. The number of anilines is 1. The van der Waals surface area contributed by atoms with Gasteiger partial charge < -0.3 is 10.7 Å². The van der Waals surface area contributed by atoms with E-state index in [4.69, 9.17) is 5.73 Å². The number of aromatic nitrogens is 4. The third kappa shape index (κ3) is 1.75. The number of allylic oxidation sites excluding steroid dienone is 1. The fourth-order valence-electron chi connectivity index (χ4n) is 1.44. The number of nitrogen functional groups attached to an aromatic ring is 1. The van der Waals surface area contributed by atoms with Crippen molar-refractivity contribution in [1.82, 2.24) is 20.2 Å². The quantitative estimate of drug-likeness (QED) is 0.732. The maximum absolute atomic E-state index is 5.53.